The topological polar surface area (TPSA) is 67.8 Å². The van der Waals surface area contributed by atoms with E-state index in [2.05, 4.69) is 5.32 Å². The van der Waals surface area contributed by atoms with Gasteiger partial charge >= 0.3 is 5.97 Å². The Labute approximate surface area is 90.8 Å². The highest BCUT2D eigenvalue weighted by Crippen LogP contribution is 1.90. The number of carbonyl (C=O) groups is 1. The van der Waals surface area contributed by atoms with E-state index in [4.69, 9.17) is 14.6 Å². The third-order valence-electron chi connectivity index (χ3n) is 1.69. The molecule has 0 spiro atoms. The lowest BCUT2D eigenvalue weighted by molar-refractivity contribution is -0.141. The minimum Gasteiger partial charge on any atom is -0.480 e. The van der Waals surface area contributed by atoms with Crippen molar-refractivity contribution < 1.29 is 19.4 Å². The molecule has 0 rings (SSSR count). The monoisotopic (exact) mass is 219 g/mol. The molecule has 0 heterocycles. The molecule has 15 heavy (non-hydrogen) atoms. The second kappa shape index (κ2) is 8.64. The molecule has 0 radical (unpaired) electrons. The summed E-state index contributed by atoms with van der Waals surface area (Å²) >= 11 is 0. The molecule has 0 aromatic rings. The van der Waals surface area contributed by atoms with Gasteiger partial charge in [0, 0.05) is 12.6 Å². The standard InChI is InChI=1S/C10H21NO4/c1-4-14-5-6-15-7-9(10(12)13)11-8(2)3/h8-9,11H,4-7H2,1-3H3,(H,12,13). The molecule has 0 aromatic heterocycles. The Morgan fingerprint density at radius 1 is 1.33 bits per heavy atom. The molecule has 2 N–H and O–H groups in total. The average Bonchev–Trinajstić information content (AvgIpc) is 2.15. The smallest absolute Gasteiger partial charge is 0.323 e. The normalized spacial score (nSPS) is 13.1. The summed E-state index contributed by atoms with van der Waals surface area (Å²) in [5.41, 5.74) is 0. The highest BCUT2D eigenvalue weighted by molar-refractivity contribution is 5.73. The molecule has 0 aliphatic rings. The maximum absolute atomic E-state index is 10.8. The first-order chi connectivity index (χ1) is 7.07. The van der Waals surface area contributed by atoms with Crippen LogP contribution in [0.3, 0.4) is 0 Å². The largest absolute Gasteiger partial charge is 0.480 e. The summed E-state index contributed by atoms with van der Waals surface area (Å²) in [5, 5.41) is 11.8. The van der Waals surface area contributed by atoms with Crippen molar-refractivity contribution in [3.63, 3.8) is 0 Å². The summed E-state index contributed by atoms with van der Waals surface area (Å²) in [4.78, 5) is 10.8. The molecule has 0 saturated carbocycles. The first kappa shape index (κ1) is 14.3. The average molecular weight is 219 g/mol. The summed E-state index contributed by atoms with van der Waals surface area (Å²) in [6.07, 6.45) is 0. The third kappa shape index (κ3) is 8.35. The van der Waals surface area contributed by atoms with E-state index in [1.807, 2.05) is 20.8 Å². The summed E-state index contributed by atoms with van der Waals surface area (Å²) < 4.78 is 10.3. The lowest BCUT2D eigenvalue weighted by Crippen LogP contribution is -2.44. The Morgan fingerprint density at radius 2 is 1.93 bits per heavy atom. The van der Waals surface area contributed by atoms with Gasteiger partial charge in [0.25, 0.3) is 0 Å². The summed E-state index contributed by atoms with van der Waals surface area (Å²) in [6, 6.07) is -0.520. The van der Waals surface area contributed by atoms with E-state index in [0.29, 0.717) is 19.8 Å². The number of hydrogen-bond donors (Lipinski definition) is 2. The predicted molar refractivity (Wildman–Crippen MR) is 57.0 cm³/mol. The van der Waals surface area contributed by atoms with Crippen LogP contribution < -0.4 is 5.32 Å². The summed E-state index contributed by atoms with van der Waals surface area (Å²) in [6.45, 7) is 7.45. The Hall–Kier alpha value is -0.650. The Balaban J connectivity index is 3.62. The van der Waals surface area contributed by atoms with Gasteiger partial charge < -0.3 is 19.9 Å². The third-order valence-corrected chi connectivity index (χ3v) is 1.69. The van der Waals surface area contributed by atoms with E-state index in [1.165, 1.54) is 0 Å². The van der Waals surface area contributed by atoms with Crippen LogP contribution in [0, 0.1) is 0 Å². The fourth-order valence-electron chi connectivity index (χ4n) is 1.06. The zero-order chi connectivity index (χ0) is 11.7. The molecule has 0 saturated heterocycles. The van der Waals surface area contributed by atoms with Crippen LogP contribution in [0.2, 0.25) is 0 Å². The van der Waals surface area contributed by atoms with Crippen LogP contribution in [-0.2, 0) is 14.3 Å². The van der Waals surface area contributed by atoms with Crippen molar-refractivity contribution in [2.45, 2.75) is 32.9 Å². The second-order valence-electron chi connectivity index (χ2n) is 3.48. The van der Waals surface area contributed by atoms with E-state index in [1.54, 1.807) is 0 Å². The molecule has 0 aliphatic carbocycles. The van der Waals surface area contributed by atoms with E-state index in [0.717, 1.165) is 0 Å². The minimum atomic E-state index is -0.889. The van der Waals surface area contributed by atoms with Crippen molar-refractivity contribution in [1.82, 2.24) is 5.32 Å². The summed E-state index contributed by atoms with van der Waals surface area (Å²) in [5.74, 6) is -0.889. The van der Waals surface area contributed by atoms with Crippen molar-refractivity contribution in [2.75, 3.05) is 26.4 Å². The van der Waals surface area contributed by atoms with Crippen LogP contribution in [0.25, 0.3) is 0 Å². The maximum atomic E-state index is 10.8. The van der Waals surface area contributed by atoms with Gasteiger partial charge in [0.1, 0.15) is 6.04 Å². The molecular weight excluding hydrogens is 198 g/mol. The number of rotatable bonds is 9. The highest BCUT2D eigenvalue weighted by Gasteiger charge is 2.17. The van der Waals surface area contributed by atoms with Crippen molar-refractivity contribution >= 4 is 5.97 Å². The van der Waals surface area contributed by atoms with Crippen LogP contribution in [0.5, 0.6) is 0 Å². The predicted octanol–water partition coefficient (Wildman–Crippen LogP) is 0.491. The van der Waals surface area contributed by atoms with Gasteiger partial charge in [-0.15, -0.1) is 0 Å². The molecule has 90 valence electrons. The number of ether oxygens (including phenoxy) is 2. The van der Waals surface area contributed by atoms with E-state index >= 15 is 0 Å². The second-order valence-corrected chi connectivity index (χ2v) is 3.48. The molecular formula is C10H21NO4. The first-order valence-electron chi connectivity index (χ1n) is 5.22. The summed E-state index contributed by atoms with van der Waals surface area (Å²) in [7, 11) is 0. The van der Waals surface area contributed by atoms with Crippen LogP contribution in [0.4, 0.5) is 0 Å². The van der Waals surface area contributed by atoms with Gasteiger partial charge in [0.15, 0.2) is 0 Å². The Morgan fingerprint density at radius 3 is 2.40 bits per heavy atom. The molecule has 1 atom stereocenters. The molecule has 5 nitrogen and oxygen atoms in total. The van der Waals surface area contributed by atoms with Crippen LogP contribution in [0.1, 0.15) is 20.8 Å². The molecule has 5 heteroatoms. The van der Waals surface area contributed by atoms with Gasteiger partial charge in [-0.3, -0.25) is 4.79 Å². The van der Waals surface area contributed by atoms with E-state index in [9.17, 15) is 4.79 Å². The minimum absolute atomic E-state index is 0.126. The number of carboxylic acid groups (broad SMARTS) is 1. The first-order valence-corrected chi connectivity index (χ1v) is 5.22. The fraction of sp³-hybridized carbons (Fsp3) is 0.900. The van der Waals surface area contributed by atoms with Crippen LogP contribution >= 0.6 is 0 Å². The van der Waals surface area contributed by atoms with Gasteiger partial charge in [-0.2, -0.15) is 0 Å². The van der Waals surface area contributed by atoms with Crippen LogP contribution in [0.15, 0.2) is 0 Å². The van der Waals surface area contributed by atoms with Gasteiger partial charge in [0.05, 0.1) is 19.8 Å². The van der Waals surface area contributed by atoms with Crippen molar-refractivity contribution in [3.05, 3.63) is 0 Å². The van der Waals surface area contributed by atoms with Crippen molar-refractivity contribution in [3.8, 4) is 0 Å². The van der Waals surface area contributed by atoms with Gasteiger partial charge in [-0.25, -0.2) is 0 Å². The van der Waals surface area contributed by atoms with Gasteiger partial charge in [-0.1, -0.05) is 13.8 Å². The molecule has 0 aromatic carbocycles. The maximum Gasteiger partial charge on any atom is 0.323 e. The molecule has 1 unspecified atom stereocenters. The van der Waals surface area contributed by atoms with Gasteiger partial charge in [0.2, 0.25) is 0 Å². The van der Waals surface area contributed by atoms with E-state index in [-0.39, 0.29) is 12.6 Å². The Kier molecular flexibility index (Phi) is 8.27. The fourth-order valence-corrected chi connectivity index (χ4v) is 1.06. The number of aliphatic carboxylic acids is 1. The molecule has 0 fully saturated rings. The Bertz CT molecular complexity index is 173. The molecule has 0 amide bonds. The zero-order valence-corrected chi connectivity index (χ0v) is 9.66. The molecule has 0 aliphatic heterocycles. The number of nitrogens with one attached hydrogen (secondary N) is 1. The number of carboxylic acids is 1. The molecule has 0 bridgehead atoms. The zero-order valence-electron chi connectivity index (χ0n) is 9.66. The van der Waals surface area contributed by atoms with Gasteiger partial charge in [-0.05, 0) is 6.92 Å². The highest BCUT2D eigenvalue weighted by atomic mass is 16.5. The SMILES string of the molecule is CCOCCOCC(NC(C)C)C(=O)O. The number of hydrogen-bond acceptors (Lipinski definition) is 4. The quantitative estimate of drug-likeness (QED) is 0.552. The van der Waals surface area contributed by atoms with Crippen molar-refractivity contribution in [1.29, 1.82) is 0 Å². The van der Waals surface area contributed by atoms with E-state index < -0.39 is 12.0 Å². The van der Waals surface area contributed by atoms with Crippen LogP contribution in [-0.4, -0.2) is 49.6 Å². The van der Waals surface area contributed by atoms with Crippen molar-refractivity contribution in [2.24, 2.45) is 0 Å². The lowest BCUT2D eigenvalue weighted by atomic mass is 10.2. The lowest BCUT2D eigenvalue weighted by Gasteiger charge is -2.17.